The Labute approximate surface area is 165 Å². The highest BCUT2D eigenvalue weighted by molar-refractivity contribution is 7.91. The summed E-state index contributed by atoms with van der Waals surface area (Å²) in [6.07, 6.45) is 1.29. The number of hydrogen-bond donors (Lipinski definition) is 1. The number of hydrogen-bond acceptors (Lipinski definition) is 4. The number of sulfone groups is 1. The molecule has 1 N–H and O–H groups in total. The summed E-state index contributed by atoms with van der Waals surface area (Å²) in [7, 11) is -3.73. The van der Waals surface area contributed by atoms with Crippen molar-refractivity contribution in [2.75, 3.05) is 5.32 Å². The molecule has 0 aliphatic heterocycles. The van der Waals surface area contributed by atoms with Gasteiger partial charge in [-0.2, -0.15) is 0 Å². The van der Waals surface area contributed by atoms with E-state index in [2.05, 4.69) is 10.3 Å². The number of pyridine rings is 1. The molecular formula is C22H22N2O3S. The molecular weight excluding hydrogens is 372 g/mol. The van der Waals surface area contributed by atoms with Gasteiger partial charge in [0.25, 0.3) is 5.91 Å². The van der Waals surface area contributed by atoms with E-state index < -0.39 is 9.84 Å². The first-order chi connectivity index (χ1) is 13.2. The van der Waals surface area contributed by atoms with Crippen molar-refractivity contribution in [1.82, 2.24) is 4.98 Å². The number of aromatic nitrogens is 1. The molecule has 0 spiro atoms. The number of benzene rings is 2. The van der Waals surface area contributed by atoms with E-state index in [0.29, 0.717) is 5.56 Å². The molecule has 0 atom stereocenters. The van der Waals surface area contributed by atoms with Crippen LogP contribution in [-0.4, -0.2) is 19.3 Å². The molecule has 144 valence electrons. The maximum atomic E-state index is 12.8. The van der Waals surface area contributed by atoms with E-state index >= 15 is 0 Å². The van der Waals surface area contributed by atoms with Crippen LogP contribution in [0.5, 0.6) is 0 Å². The van der Waals surface area contributed by atoms with Crippen LogP contribution in [0.1, 0.15) is 32.6 Å². The third-order valence-corrected chi connectivity index (χ3v) is 6.58. The minimum Gasteiger partial charge on any atom is -0.322 e. The summed E-state index contributed by atoms with van der Waals surface area (Å²) in [5, 5.41) is 2.76. The Morgan fingerprint density at radius 3 is 2.29 bits per heavy atom. The fourth-order valence-corrected chi connectivity index (χ4v) is 4.02. The molecule has 5 nitrogen and oxygen atoms in total. The van der Waals surface area contributed by atoms with E-state index in [9.17, 15) is 13.2 Å². The lowest BCUT2D eigenvalue weighted by Gasteiger charge is -2.11. The summed E-state index contributed by atoms with van der Waals surface area (Å²) in [5.74, 6) is -0.337. The van der Waals surface area contributed by atoms with Crippen LogP contribution in [0.3, 0.4) is 0 Å². The molecule has 1 amide bonds. The summed E-state index contributed by atoms with van der Waals surface area (Å²) in [6.45, 7) is 7.69. The second kappa shape index (κ2) is 7.56. The van der Waals surface area contributed by atoms with Crippen LogP contribution in [0.15, 0.2) is 64.6 Å². The Balaban J connectivity index is 1.85. The monoisotopic (exact) mass is 394 g/mol. The van der Waals surface area contributed by atoms with Gasteiger partial charge >= 0.3 is 0 Å². The molecule has 0 aliphatic rings. The molecule has 6 heteroatoms. The van der Waals surface area contributed by atoms with Crippen molar-refractivity contribution >= 4 is 21.4 Å². The second-order valence-corrected chi connectivity index (χ2v) is 8.73. The minimum atomic E-state index is -3.73. The Morgan fingerprint density at radius 2 is 1.64 bits per heavy atom. The van der Waals surface area contributed by atoms with Crippen LogP contribution in [0.25, 0.3) is 0 Å². The topological polar surface area (TPSA) is 76.1 Å². The van der Waals surface area contributed by atoms with Crippen LogP contribution in [0, 0.1) is 27.7 Å². The zero-order valence-electron chi connectivity index (χ0n) is 16.3. The van der Waals surface area contributed by atoms with Gasteiger partial charge in [-0.15, -0.1) is 0 Å². The van der Waals surface area contributed by atoms with Crippen molar-refractivity contribution in [3.8, 4) is 0 Å². The number of nitrogens with zero attached hydrogens (tertiary/aromatic N) is 1. The number of aryl methyl sites for hydroxylation is 3. The molecule has 1 heterocycles. The first kappa shape index (κ1) is 19.8. The first-order valence-electron chi connectivity index (χ1n) is 8.86. The van der Waals surface area contributed by atoms with E-state index in [-0.39, 0.29) is 15.8 Å². The lowest BCUT2D eigenvalue weighted by molar-refractivity contribution is 0.102. The number of rotatable bonds is 4. The predicted octanol–water partition coefficient (Wildman–Crippen LogP) is 4.40. The van der Waals surface area contributed by atoms with E-state index in [4.69, 9.17) is 0 Å². The SMILES string of the molecule is Cc1ccc(S(=O)(=O)c2ccc(C(=O)Nc3cccc(C)c3C)cn2)cc1C. The summed E-state index contributed by atoms with van der Waals surface area (Å²) >= 11 is 0. The Morgan fingerprint density at radius 1 is 0.893 bits per heavy atom. The standard InChI is InChI=1S/C22H22N2O3S/c1-14-8-10-19(12-16(14)3)28(26,27)21-11-9-18(13-23-21)22(25)24-20-7-5-6-15(2)17(20)4/h5-13H,1-4H3,(H,24,25). The molecule has 3 rings (SSSR count). The molecule has 0 radical (unpaired) electrons. The summed E-state index contributed by atoms with van der Waals surface area (Å²) in [6, 6.07) is 13.5. The molecule has 0 saturated carbocycles. The zero-order chi connectivity index (χ0) is 20.5. The van der Waals surface area contributed by atoms with Crippen molar-refractivity contribution in [3.63, 3.8) is 0 Å². The Hall–Kier alpha value is -2.99. The molecule has 0 unspecified atom stereocenters. The number of amides is 1. The maximum absolute atomic E-state index is 12.8. The molecule has 1 aromatic heterocycles. The van der Waals surface area contributed by atoms with Crippen molar-refractivity contribution < 1.29 is 13.2 Å². The maximum Gasteiger partial charge on any atom is 0.257 e. The molecule has 0 fully saturated rings. The van der Waals surface area contributed by atoms with E-state index in [1.807, 2.05) is 45.9 Å². The van der Waals surface area contributed by atoms with Crippen molar-refractivity contribution in [2.24, 2.45) is 0 Å². The summed E-state index contributed by atoms with van der Waals surface area (Å²) in [5.41, 5.74) is 4.98. The first-order valence-corrected chi connectivity index (χ1v) is 10.3. The normalized spacial score (nSPS) is 11.3. The van der Waals surface area contributed by atoms with Crippen LogP contribution in [0.2, 0.25) is 0 Å². The smallest absolute Gasteiger partial charge is 0.257 e. The average molecular weight is 394 g/mol. The number of nitrogens with one attached hydrogen (secondary N) is 1. The van der Waals surface area contributed by atoms with Crippen molar-refractivity contribution in [1.29, 1.82) is 0 Å². The molecule has 3 aromatic rings. The quantitative estimate of drug-likeness (QED) is 0.712. The van der Waals surface area contributed by atoms with Gasteiger partial charge in [0.1, 0.15) is 0 Å². The van der Waals surface area contributed by atoms with Gasteiger partial charge < -0.3 is 5.32 Å². The predicted molar refractivity (Wildman–Crippen MR) is 109 cm³/mol. The lowest BCUT2D eigenvalue weighted by atomic mass is 10.1. The third kappa shape index (κ3) is 3.82. The van der Waals surface area contributed by atoms with Gasteiger partial charge in [0.2, 0.25) is 9.84 Å². The highest BCUT2D eigenvalue weighted by atomic mass is 32.2. The van der Waals surface area contributed by atoms with Crippen molar-refractivity contribution in [3.05, 3.63) is 82.5 Å². The average Bonchev–Trinajstić information content (AvgIpc) is 2.67. The fourth-order valence-electron chi connectivity index (χ4n) is 2.76. The van der Waals surface area contributed by atoms with Crippen molar-refractivity contribution in [2.45, 2.75) is 37.6 Å². The van der Waals surface area contributed by atoms with Crippen LogP contribution >= 0.6 is 0 Å². The minimum absolute atomic E-state index is 0.0842. The Kier molecular flexibility index (Phi) is 5.34. The zero-order valence-corrected chi connectivity index (χ0v) is 17.1. The fraction of sp³-hybridized carbons (Fsp3) is 0.182. The third-order valence-electron chi connectivity index (χ3n) is 4.92. The van der Waals surface area contributed by atoms with Gasteiger partial charge in [-0.3, -0.25) is 4.79 Å². The molecule has 0 saturated heterocycles. The highest BCUT2D eigenvalue weighted by Gasteiger charge is 2.20. The molecule has 0 bridgehead atoms. The number of carbonyl (C=O) groups excluding carboxylic acids is 1. The lowest BCUT2D eigenvalue weighted by Crippen LogP contribution is -2.14. The van der Waals surface area contributed by atoms with Crippen LogP contribution in [-0.2, 0) is 9.84 Å². The van der Waals surface area contributed by atoms with E-state index in [1.165, 1.54) is 18.3 Å². The van der Waals surface area contributed by atoms with Crippen LogP contribution < -0.4 is 5.32 Å². The van der Waals surface area contributed by atoms with Gasteiger partial charge in [0.05, 0.1) is 10.5 Å². The molecule has 2 aromatic carbocycles. The molecule has 0 aliphatic carbocycles. The summed E-state index contributed by atoms with van der Waals surface area (Å²) < 4.78 is 25.6. The number of carbonyl (C=O) groups is 1. The Bertz CT molecular complexity index is 1150. The highest BCUT2D eigenvalue weighted by Crippen LogP contribution is 2.22. The van der Waals surface area contributed by atoms with Gasteiger partial charge in [0, 0.05) is 11.9 Å². The summed E-state index contributed by atoms with van der Waals surface area (Å²) in [4.78, 5) is 16.7. The number of anilines is 1. The second-order valence-electron chi connectivity index (χ2n) is 6.84. The van der Waals surface area contributed by atoms with Gasteiger partial charge in [-0.05, 0) is 80.3 Å². The van der Waals surface area contributed by atoms with E-state index in [1.54, 1.807) is 18.2 Å². The van der Waals surface area contributed by atoms with Gasteiger partial charge in [-0.25, -0.2) is 13.4 Å². The van der Waals surface area contributed by atoms with Crippen LogP contribution in [0.4, 0.5) is 5.69 Å². The van der Waals surface area contributed by atoms with Gasteiger partial charge in [-0.1, -0.05) is 18.2 Å². The molecule has 28 heavy (non-hydrogen) atoms. The van der Waals surface area contributed by atoms with E-state index in [0.717, 1.165) is 27.9 Å². The van der Waals surface area contributed by atoms with Gasteiger partial charge in [0.15, 0.2) is 5.03 Å². The largest absolute Gasteiger partial charge is 0.322 e.